The van der Waals surface area contributed by atoms with E-state index in [1.165, 1.54) is 0 Å². The van der Waals surface area contributed by atoms with Crippen LogP contribution in [0, 0.1) is 11.6 Å². The lowest BCUT2D eigenvalue weighted by Crippen LogP contribution is -2.22. The van der Waals surface area contributed by atoms with E-state index in [1.54, 1.807) is 0 Å². The standard InChI is InChI=1S/C10H5F2NO3/c11-4-1-6(12)5-3-8(14)9(15)10(16)13-7(5)2-4/h1-3H,(H2,13,14,15,16). The molecular weight excluding hydrogens is 220 g/mol. The Morgan fingerprint density at radius 3 is 2.50 bits per heavy atom. The van der Waals surface area contributed by atoms with Crippen LogP contribution >= 0.6 is 0 Å². The van der Waals surface area contributed by atoms with E-state index >= 15 is 0 Å². The van der Waals surface area contributed by atoms with E-state index in [9.17, 15) is 18.4 Å². The number of aromatic amines is 1. The van der Waals surface area contributed by atoms with Crippen LogP contribution in [0.2, 0.25) is 0 Å². The molecule has 4 nitrogen and oxygen atoms in total. The molecule has 0 bridgehead atoms. The first kappa shape index (κ1) is 10.3. The van der Waals surface area contributed by atoms with Gasteiger partial charge in [-0.15, -0.1) is 0 Å². The van der Waals surface area contributed by atoms with E-state index in [-0.39, 0.29) is 10.9 Å². The number of rotatable bonds is 0. The molecule has 2 rings (SSSR count). The van der Waals surface area contributed by atoms with Gasteiger partial charge in [-0.1, -0.05) is 0 Å². The molecule has 6 heteroatoms. The molecule has 0 radical (unpaired) electrons. The molecule has 2 N–H and O–H groups in total. The van der Waals surface area contributed by atoms with Gasteiger partial charge in [0.15, 0.2) is 5.75 Å². The van der Waals surface area contributed by atoms with Crippen molar-refractivity contribution < 1.29 is 13.9 Å². The molecule has 0 amide bonds. The van der Waals surface area contributed by atoms with E-state index < -0.39 is 28.4 Å². The monoisotopic (exact) mass is 225 g/mol. The van der Waals surface area contributed by atoms with Gasteiger partial charge in [-0.25, -0.2) is 8.78 Å². The van der Waals surface area contributed by atoms with Gasteiger partial charge >= 0.3 is 0 Å². The lowest BCUT2D eigenvalue weighted by atomic mass is 10.2. The van der Waals surface area contributed by atoms with Gasteiger partial charge in [0.2, 0.25) is 0 Å². The van der Waals surface area contributed by atoms with Crippen molar-refractivity contribution in [2.24, 2.45) is 0 Å². The van der Waals surface area contributed by atoms with Gasteiger partial charge < -0.3 is 10.1 Å². The van der Waals surface area contributed by atoms with Gasteiger partial charge in [-0.3, -0.25) is 9.59 Å². The number of halogens is 2. The largest absolute Gasteiger partial charge is 0.504 e. The SMILES string of the molecule is O=c1[nH]c2cc(F)cc(F)c2cc(O)c1=O. The van der Waals surface area contributed by atoms with Crippen LogP contribution in [0.1, 0.15) is 0 Å². The fourth-order valence-electron chi connectivity index (χ4n) is 1.33. The van der Waals surface area contributed by atoms with Crippen molar-refractivity contribution in [2.45, 2.75) is 0 Å². The zero-order valence-corrected chi connectivity index (χ0v) is 7.75. The topological polar surface area (TPSA) is 70.2 Å². The van der Waals surface area contributed by atoms with Crippen molar-refractivity contribution in [3.8, 4) is 5.75 Å². The van der Waals surface area contributed by atoms with Crippen molar-refractivity contribution in [1.82, 2.24) is 4.98 Å². The summed E-state index contributed by atoms with van der Waals surface area (Å²) in [5.74, 6) is -2.75. The maximum Gasteiger partial charge on any atom is 0.300 e. The van der Waals surface area contributed by atoms with Gasteiger partial charge in [0.25, 0.3) is 11.0 Å². The zero-order chi connectivity index (χ0) is 11.9. The summed E-state index contributed by atoms with van der Waals surface area (Å²) in [5.41, 5.74) is -2.53. The fourth-order valence-corrected chi connectivity index (χ4v) is 1.33. The number of aromatic hydroxyl groups is 1. The molecule has 0 unspecified atom stereocenters. The quantitative estimate of drug-likeness (QED) is 0.653. The smallest absolute Gasteiger partial charge is 0.300 e. The highest BCUT2D eigenvalue weighted by Crippen LogP contribution is 2.17. The number of hydrogen-bond donors (Lipinski definition) is 2. The van der Waals surface area contributed by atoms with Crippen LogP contribution in [0.25, 0.3) is 10.9 Å². The Morgan fingerprint density at radius 2 is 1.81 bits per heavy atom. The Labute approximate surface area is 86.8 Å². The summed E-state index contributed by atoms with van der Waals surface area (Å²) in [5, 5.41) is 8.92. The van der Waals surface area contributed by atoms with Crippen molar-refractivity contribution in [3.05, 3.63) is 50.4 Å². The normalized spacial score (nSPS) is 10.6. The summed E-state index contributed by atoms with van der Waals surface area (Å²) in [7, 11) is 0. The maximum absolute atomic E-state index is 13.3. The Kier molecular flexibility index (Phi) is 2.19. The van der Waals surface area contributed by atoms with E-state index in [0.29, 0.717) is 6.07 Å². The Bertz CT molecular complexity index is 694. The Morgan fingerprint density at radius 1 is 1.12 bits per heavy atom. The van der Waals surface area contributed by atoms with E-state index in [1.807, 2.05) is 4.98 Å². The van der Waals surface area contributed by atoms with Gasteiger partial charge in [0, 0.05) is 11.5 Å². The third kappa shape index (κ3) is 1.54. The number of nitrogens with one attached hydrogen (secondary N) is 1. The predicted octanol–water partition coefficient (Wildman–Crippen LogP) is 0.872. The van der Waals surface area contributed by atoms with Crippen LogP contribution in [0.5, 0.6) is 5.75 Å². The number of aromatic nitrogens is 1. The number of hydrogen-bond acceptors (Lipinski definition) is 3. The molecule has 0 atom stereocenters. The Hall–Kier alpha value is -2.24. The van der Waals surface area contributed by atoms with Crippen LogP contribution in [0.4, 0.5) is 8.78 Å². The van der Waals surface area contributed by atoms with E-state index in [2.05, 4.69) is 0 Å². The first-order valence-corrected chi connectivity index (χ1v) is 4.24. The minimum Gasteiger partial charge on any atom is -0.504 e. The minimum atomic E-state index is -1.20. The average Bonchev–Trinajstić information content (AvgIpc) is 2.29. The van der Waals surface area contributed by atoms with Crippen LogP contribution in [-0.2, 0) is 0 Å². The minimum absolute atomic E-state index is 0.195. The highest BCUT2D eigenvalue weighted by Gasteiger charge is 2.07. The highest BCUT2D eigenvalue weighted by molar-refractivity contribution is 5.79. The maximum atomic E-state index is 13.3. The van der Waals surface area contributed by atoms with Crippen LogP contribution in [0.15, 0.2) is 27.8 Å². The molecule has 16 heavy (non-hydrogen) atoms. The molecule has 0 fully saturated rings. The molecule has 1 heterocycles. The summed E-state index contributed by atoms with van der Waals surface area (Å²) in [6.07, 6.45) is 0. The van der Waals surface area contributed by atoms with Gasteiger partial charge in [-0.2, -0.15) is 0 Å². The average molecular weight is 225 g/mol. The van der Waals surface area contributed by atoms with Crippen molar-refractivity contribution >= 4 is 10.9 Å². The van der Waals surface area contributed by atoms with Gasteiger partial charge in [0.05, 0.1) is 5.52 Å². The molecule has 1 aromatic carbocycles. The van der Waals surface area contributed by atoms with E-state index in [0.717, 1.165) is 12.1 Å². The summed E-state index contributed by atoms with van der Waals surface area (Å²) in [6, 6.07) is 2.23. The van der Waals surface area contributed by atoms with Crippen molar-refractivity contribution in [2.75, 3.05) is 0 Å². The zero-order valence-electron chi connectivity index (χ0n) is 7.75. The molecule has 0 saturated heterocycles. The summed E-state index contributed by atoms with van der Waals surface area (Å²) in [4.78, 5) is 24.2. The second-order valence-electron chi connectivity index (χ2n) is 3.16. The fraction of sp³-hybridized carbons (Fsp3) is 0. The van der Waals surface area contributed by atoms with Crippen LogP contribution in [-0.4, -0.2) is 10.1 Å². The number of H-pyrrole nitrogens is 1. The second-order valence-corrected chi connectivity index (χ2v) is 3.16. The molecule has 1 aromatic heterocycles. The lowest BCUT2D eigenvalue weighted by Gasteiger charge is -1.95. The van der Waals surface area contributed by atoms with Gasteiger partial charge in [0.1, 0.15) is 11.6 Å². The first-order chi connectivity index (χ1) is 7.49. The summed E-state index contributed by atoms with van der Waals surface area (Å²) in [6.45, 7) is 0. The number of benzene rings is 1. The van der Waals surface area contributed by atoms with Crippen LogP contribution < -0.4 is 11.0 Å². The molecule has 82 valence electrons. The predicted molar refractivity (Wildman–Crippen MR) is 52.4 cm³/mol. The third-order valence-electron chi connectivity index (χ3n) is 2.06. The molecule has 0 spiro atoms. The molecular formula is C10H5F2NO3. The molecule has 0 aliphatic rings. The first-order valence-electron chi connectivity index (χ1n) is 4.24. The van der Waals surface area contributed by atoms with Crippen LogP contribution in [0.3, 0.4) is 0 Å². The summed E-state index contributed by atoms with van der Waals surface area (Å²) >= 11 is 0. The highest BCUT2D eigenvalue weighted by atomic mass is 19.1. The molecule has 0 aliphatic heterocycles. The van der Waals surface area contributed by atoms with Gasteiger partial charge in [-0.05, 0) is 12.1 Å². The molecule has 0 aliphatic carbocycles. The van der Waals surface area contributed by atoms with Crippen molar-refractivity contribution in [3.63, 3.8) is 0 Å². The molecule has 0 saturated carbocycles. The summed E-state index contributed by atoms with van der Waals surface area (Å²) < 4.78 is 26.1. The molecule has 2 aromatic rings. The van der Waals surface area contributed by atoms with E-state index in [4.69, 9.17) is 5.11 Å². The lowest BCUT2D eigenvalue weighted by molar-refractivity contribution is 0.470. The number of fused-ring (bicyclic) bond motifs is 1. The Balaban J connectivity index is 3.12. The van der Waals surface area contributed by atoms with Crippen molar-refractivity contribution in [1.29, 1.82) is 0 Å². The second kappa shape index (κ2) is 3.41. The third-order valence-corrected chi connectivity index (χ3v) is 2.06.